The first-order valence-electron chi connectivity index (χ1n) is 10.4. The van der Waals surface area contributed by atoms with E-state index in [0.717, 1.165) is 29.6 Å². The predicted octanol–water partition coefficient (Wildman–Crippen LogP) is 3.88. The van der Waals surface area contributed by atoms with Gasteiger partial charge in [0.2, 0.25) is 0 Å². The Bertz CT molecular complexity index is 1250. The van der Waals surface area contributed by atoms with Gasteiger partial charge >= 0.3 is 0 Å². The van der Waals surface area contributed by atoms with E-state index in [1.54, 1.807) is 18.2 Å². The molecule has 1 heterocycles. The van der Waals surface area contributed by atoms with E-state index in [-0.39, 0.29) is 24.0 Å². The lowest BCUT2D eigenvalue weighted by Crippen LogP contribution is -2.32. The molecule has 4 rings (SSSR count). The summed E-state index contributed by atoms with van der Waals surface area (Å²) in [6.07, 6.45) is 5.49. The Morgan fingerprint density at radius 3 is 2.55 bits per heavy atom. The first-order valence-corrected chi connectivity index (χ1v) is 11.9. The molecule has 0 amide bonds. The lowest BCUT2D eigenvalue weighted by atomic mass is 9.79. The zero-order chi connectivity index (χ0) is 23.6. The largest absolute Gasteiger partial charge is 0.497 e. The molecule has 0 spiro atoms. The van der Waals surface area contributed by atoms with E-state index in [1.807, 2.05) is 0 Å². The number of halogens is 1. The van der Waals surface area contributed by atoms with Crippen LogP contribution in [0, 0.1) is 5.82 Å². The van der Waals surface area contributed by atoms with Gasteiger partial charge in [-0.15, -0.1) is 0 Å². The molecule has 1 saturated carbocycles. The van der Waals surface area contributed by atoms with Crippen molar-refractivity contribution in [1.29, 1.82) is 0 Å². The van der Waals surface area contributed by atoms with Crippen molar-refractivity contribution < 1.29 is 22.3 Å². The zero-order valence-electron chi connectivity index (χ0n) is 18.4. The maximum absolute atomic E-state index is 15.0. The van der Waals surface area contributed by atoms with Gasteiger partial charge in [0.25, 0.3) is 10.0 Å². The fraction of sp³-hybridized carbons (Fsp3) is 0.304. The standard InChI is InChI=1S/C23H25FN4O4S/c1-31-17-7-6-16(21(10-17)32-2)13-28(23-8-9-26-14-27-23)33(29,30)22-11-18(15-4-3-5-15)20(25)12-19(22)24/h6-12,14-15H,3-5,13,25H2,1-2H3. The number of aromatic nitrogens is 2. The van der Waals surface area contributed by atoms with Crippen LogP contribution in [-0.2, 0) is 16.6 Å². The SMILES string of the molecule is COc1ccc(CN(c2ccncn2)S(=O)(=O)c2cc(C3CCC3)c(N)cc2F)c(OC)c1. The van der Waals surface area contributed by atoms with Crippen molar-refractivity contribution in [2.24, 2.45) is 0 Å². The van der Waals surface area contributed by atoms with Gasteiger partial charge in [-0.1, -0.05) is 6.42 Å². The third-order valence-corrected chi connectivity index (χ3v) is 7.65. The van der Waals surface area contributed by atoms with Crippen LogP contribution >= 0.6 is 0 Å². The lowest BCUT2D eigenvalue weighted by molar-refractivity contribution is 0.391. The number of hydrogen-bond acceptors (Lipinski definition) is 7. The normalized spacial score (nSPS) is 13.9. The number of anilines is 2. The van der Waals surface area contributed by atoms with Crippen LogP contribution in [0.25, 0.3) is 0 Å². The number of nitrogens with zero attached hydrogens (tertiary/aromatic N) is 3. The molecule has 2 aromatic carbocycles. The number of methoxy groups -OCH3 is 2. The summed E-state index contributed by atoms with van der Waals surface area (Å²) >= 11 is 0. The number of benzene rings is 2. The van der Waals surface area contributed by atoms with Crippen LogP contribution in [0.3, 0.4) is 0 Å². The molecule has 0 atom stereocenters. The van der Waals surface area contributed by atoms with E-state index in [1.165, 1.54) is 38.9 Å². The summed E-state index contributed by atoms with van der Waals surface area (Å²) in [7, 11) is -1.35. The molecule has 1 fully saturated rings. The van der Waals surface area contributed by atoms with Crippen molar-refractivity contribution in [3.63, 3.8) is 0 Å². The van der Waals surface area contributed by atoms with Crippen LogP contribution in [0.2, 0.25) is 0 Å². The Morgan fingerprint density at radius 1 is 1.15 bits per heavy atom. The number of ether oxygens (including phenoxy) is 2. The van der Waals surface area contributed by atoms with E-state index in [2.05, 4.69) is 9.97 Å². The average Bonchev–Trinajstić information content (AvgIpc) is 2.78. The van der Waals surface area contributed by atoms with Crippen molar-refractivity contribution in [3.05, 3.63) is 65.9 Å². The molecule has 33 heavy (non-hydrogen) atoms. The number of rotatable bonds is 8. The predicted molar refractivity (Wildman–Crippen MR) is 122 cm³/mol. The summed E-state index contributed by atoms with van der Waals surface area (Å²) in [6.45, 7) is -0.144. The van der Waals surface area contributed by atoms with Crippen molar-refractivity contribution in [3.8, 4) is 11.5 Å². The van der Waals surface area contributed by atoms with Crippen LogP contribution in [0.5, 0.6) is 11.5 Å². The molecule has 3 aromatic rings. The smallest absolute Gasteiger partial charge is 0.268 e. The summed E-state index contributed by atoms with van der Waals surface area (Å²) in [5.74, 6) is 0.313. The fourth-order valence-corrected chi connectivity index (χ4v) is 5.31. The highest BCUT2D eigenvalue weighted by Gasteiger charge is 2.32. The number of hydrogen-bond donors (Lipinski definition) is 1. The molecule has 0 bridgehead atoms. The van der Waals surface area contributed by atoms with Crippen molar-refractivity contribution in [2.45, 2.75) is 36.6 Å². The molecule has 8 nitrogen and oxygen atoms in total. The molecule has 0 saturated heterocycles. The van der Waals surface area contributed by atoms with Crippen LogP contribution in [-0.4, -0.2) is 32.6 Å². The molecule has 0 radical (unpaired) electrons. The summed E-state index contributed by atoms with van der Waals surface area (Å²) in [5.41, 5.74) is 7.50. The maximum Gasteiger partial charge on any atom is 0.268 e. The second-order valence-electron chi connectivity index (χ2n) is 7.80. The summed E-state index contributed by atoms with van der Waals surface area (Å²) in [4.78, 5) is 7.54. The Hall–Kier alpha value is -3.40. The minimum Gasteiger partial charge on any atom is -0.497 e. The second kappa shape index (κ2) is 9.22. The highest BCUT2D eigenvalue weighted by atomic mass is 32.2. The van der Waals surface area contributed by atoms with Crippen LogP contribution < -0.4 is 19.5 Å². The monoisotopic (exact) mass is 472 g/mol. The van der Waals surface area contributed by atoms with E-state index >= 15 is 4.39 Å². The lowest BCUT2D eigenvalue weighted by Gasteiger charge is -2.29. The van der Waals surface area contributed by atoms with Gasteiger partial charge < -0.3 is 15.2 Å². The number of nitrogens with two attached hydrogens (primary N) is 1. The Morgan fingerprint density at radius 2 is 1.94 bits per heavy atom. The minimum atomic E-state index is -4.35. The van der Waals surface area contributed by atoms with Crippen molar-refractivity contribution in [1.82, 2.24) is 9.97 Å². The molecular weight excluding hydrogens is 447 g/mol. The van der Waals surface area contributed by atoms with Crippen LogP contribution in [0.4, 0.5) is 15.9 Å². The van der Waals surface area contributed by atoms with Crippen molar-refractivity contribution >= 4 is 21.5 Å². The number of nitrogen functional groups attached to an aromatic ring is 1. The molecule has 1 aliphatic rings. The highest BCUT2D eigenvalue weighted by Crippen LogP contribution is 2.41. The Labute approximate surface area is 192 Å². The van der Waals surface area contributed by atoms with Gasteiger partial charge in [0.15, 0.2) is 0 Å². The summed E-state index contributed by atoms with van der Waals surface area (Å²) in [5, 5.41) is 0. The summed E-state index contributed by atoms with van der Waals surface area (Å²) < 4.78 is 54.3. The first kappa shape index (κ1) is 22.8. The van der Waals surface area contributed by atoms with E-state index in [0.29, 0.717) is 22.6 Å². The summed E-state index contributed by atoms with van der Waals surface area (Å²) in [6, 6.07) is 8.95. The first-order chi connectivity index (χ1) is 15.8. The van der Waals surface area contributed by atoms with Crippen LogP contribution in [0.1, 0.15) is 36.3 Å². The van der Waals surface area contributed by atoms with Gasteiger partial charge in [0.1, 0.15) is 34.4 Å². The number of sulfonamides is 1. The maximum atomic E-state index is 15.0. The van der Waals surface area contributed by atoms with Gasteiger partial charge in [0.05, 0.1) is 20.8 Å². The van der Waals surface area contributed by atoms with Crippen molar-refractivity contribution in [2.75, 3.05) is 24.3 Å². The molecule has 2 N–H and O–H groups in total. The fourth-order valence-electron chi connectivity index (χ4n) is 3.83. The van der Waals surface area contributed by atoms with Gasteiger partial charge in [-0.3, -0.25) is 0 Å². The molecule has 174 valence electrons. The topological polar surface area (TPSA) is 108 Å². The Balaban J connectivity index is 1.82. The molecule has 10 heteroatoms. The third-order valence-electron chi connectivity index (χ3n) is 5.88. The van der Waals surface area contributed by atoms with Gasteiger partial charge in [-0.2, -0.15) is 0 Å². The quantitative estimate of drug-likeness (QED) is 0.496. The average molecular weight is 473 g/mol. The second-order valence-corrected chi connectivity index (χ2v) is 9.63. The molecular formula is C23H25FN4O4S. The highest BCUT2D eigenvalue weighted by molar-refractivity contribution is 7.92. The van der Waals surface area contributed by atoms with Gasteiger partial charge in [-0.05, 0) is 48.6 Å². The molecule has 0 aliphatic heterocycles. The molecule has 0 unspecified atom stereocenters. The van der Waals surface area contributed by atoms with Crippen LogP contribution in [0.15, 0.2) is 53.8 Å². The molecule has 1 aliphatic carbocycles. The minimum absolute atomic E-state index is 0.101. The third kappa shape index (κ3) is 4.43. The molecule has 1 aromatic heterocycles. The van der Waals surface area contributed by atoms with E-state index < -0.39 is 20.7 Å². The van der Waals surface area contributed by atoms with Gasteiger partial charge in [-0.25, -0.2) is 27.1 Å². The van der Waals surface area contributed by atoms with E-state index in [4.69, 9.17) is 15.2 Å². The van der Waals surface area contributed by atoms with E-state index in [9.17, 15) is 8.42 Å². The zero-order valence-corrected chi connectivity index (χ0v) is 19.2. The van der Waals surface area contributed by atoms with Gasteiger partial charge in [0, 0.05) is 29.6 Å². The Kier molecular flexibility index (Phi) is 6.37.